The molecule has 8 nitrogen and oxygen atoms in total. The lowest BCUT2D eigenvalue weighted by molar-refractivity contribution is -0.143. The van der Waals surface area contributed by atoms with Crippen molar-refractivity contribution in [2.24, 2.45) is 0 Å². The monoisotopic (exact) mass is 415 g/mol. The first kappa shape index (κ1) is 22.6. The Bertz CT molecular complexity index is 908. The van der Waals surface area contributed by atoms with Crippen LogP contribution in [0.2, 0.25) is 0 Å². The third-order valence-electron chi connectivity index (χ3n) is 4.10. The molecule has 8 heteroatoms. The first-order valence-electron chi connectivity index (χ1n) is 9.05. The minimum absolute atomic E-state index is 0.262. The summed E-state index contributed by atoms with van der Waals surface area (Å²) in [6.45, 7) is -0.124. The molecule has 0 aliphatic rings. The summed E-state index contributed by atoms with van der Waals surface area (Å²) in [7, 11) is 6.16. The number of rotatable bonds is 10. The number of carbonyl (C=O) groups excluding carboxylic acids is 2. The van der Waals surface area contributed by atoms with E-state index in [9.17, 15) is 9.59 Å². The summed E-state index contributed by atoms with van der Waals surface area (Å²) in [5, 5.41) is 2.68. The van der Waals surface area contributed by atoms with Gasteiger partial charge >= 0.3 is 5.97 Å². The van der Waals surface area contributed by atoms with Crippen LogP contribution in [0.1, 0.15) is 11.1 Å². The van der Waals surface area contributed by atoms with Crippen molar-refractivity contribution >= 4 is 18.0 Å². The summed E-state index contributed by atoms with van der Waals surface area (Å²) in [4.78, 5) is 23.8. The van der Waals surface area contributed by atoms with Gasteiger partial charge in [0.2, 0.25) is 0 Å². The molecule has 2 aromatic rings. The van der Waals surface area contributed by atoms with Crippen molar-refractivity contribution in [2.45, 2.75) is 6.54 Å². The highest BCUT2D eigenvalue weighted by Crippen LogP contribution is 2.28. The number of hydrogen-bond donors (Lipinski definition) is 1. The number of benzene rings is 2. The average molecular weight is 415 g/mol. The lowest BCUT2D eigenvalue weighted by atomic mass is 10.2. The van der Waals surface area contributed by atoms with E-state index < -0.39 is 11.9 Å². The first-order chi connectivity index (χ1) is 14.5. The van der Waals surface area contributed by atoms with Crippen LogP contribution in [-0.4, -0.2) is 46.9 Å². The van der Waals surface area contributed by atoms with E-state index in [-0.39, 0.29) is 13.2 Å². The van der Waals surface area contributed by atoms with Crippen molar-refractivity contribution < 1.29 is 33.3 Å². The van der Waals surface area contributed by atoms with E-state index in [0.29, 0.717) is 23.0 Å². The molecule has 0 unspecified atom stereocenters. The van der Waals surface area contributed by atoms with Crippen LogP contribution in [0.5, 0.6) is 23.0 Å². The predicted molar refractivity (Wildman–Crippen MR) is 111 cm³/mol. The minimum Gasteiger partial charge on any atom is -0.493 e. The lowest BCUT2D eigenvalue weighted by Gasteiger charge is -2.10. The highest BCUT2D eigenvalue weighted by molar-refractivity contribution is 5.89. The molecule has 0 radical (unpaired) electrons. The second-order valence-electron chi connectivity index (χ2n) is 6.02. The van der Waals surface area contributed by atoms with E-state index >= 15 is 0 Å². The maximum atomic E-state index is 11.9. The Morgan fingerprint density at radius 1 is 0.833 bits per heavy atom. The average Bonchev–Trinajstić information content (AvgIpc) is 2.79. The van der Waals surface area contributed by atoms with Crippen molar-refractivity contribution in [3.05, 3.63) is 53.6 Å². The van der Waals surface area contributed by atoms with Gasteiger partial charge in [0.25, 0.3) is 5.91 Å². The number of esters is 1. The van der Waals surface area contributed by atoms with Gasteiger partial charge in [0.05, 0.1) is 28.4 Å². The molecular formula is C22H25NO7. The van der Waals surface area contributed by atoms with Gasteiger partial charge in [-0.2, -0.15) is 0 Å². The molecule has 160 valence electrons. The third-order valence-corrected chi connectivity index (χ3v) is 4.10. The molecule has 0 aliphatic carbocycles. The lowest BCUT2D eigenvalue weighted by Crippen LogP contribution is -2.28. The summed E-state index contributed by atoms with van der Waals surface area (Å²) in [6, 6.07) is 10.5. The summed E-state index contributed by atoms with van der Waals surface area (Å²) >= 11 is 0. The zero-order valence-electron chi connectivity index (χ0n) is 17.4. The zero-order valence-corrected chi connectivity index (χ0v) is 17.4. The molecule has 0 spiro atoms. The molecule has 0 saturated carbocycles. The Balaban J connectivity index is 1.82. The molecule has 2 aromatic carbocycles. The van der Waals surface area contributed by atoms with Gasteiger partial charge in [-0.05, 0) is 41.5 Å². The number of amides is 1. The summed E-state index contributed by atoms with van der Waals surface area (Å²) in [6.07, 6.45) is 2.80. The molecule has 1 amide bonds. The zero-order chi connectivity index (χ0) is 21.9. The fraction of sp³-hybridized carbons (Fsp3) is 0.273. The Kier molecular flexibility index (Phi) is 8.56. The van der Waals surface area contributed by atoms with Gasteiger partial charge in [-0.15, -0.1) is 0 Å². The summed E-state index contributed by atoms with van der Waals surface area (Å²) < 4.78 is 25.7. The molecule has 0 bridgehead atoms. The van der Waals surface area contributed by atoms with E-state index in [4.69, 9.17) is 23.7 Å². The van der Waals surface area contributed by atoms with Gasteiger partial charge in [0, 0.05) is 12.6 Å². The fourth-order valence-electron chi connectivity index (χ4n) is 2.55. The molecular weight excluding hydrogens is 390 g/mol. The summed E-state index contributed by atoms with van der Waals surface area (Å²) in [5.74, 6) is 1.24. The maximum Gasteiger partial charge on any atom is 0.331 e. The quantitative estimate of drug-likeness (QED) is 0.471. The maximum absolute atomic E-state index is 11.9. The predicted octanol–water partition coefficient (Wildman–Crippen LogP) is 2.59. The van der Waals surface area contributed by atoms with Crippen molar-refractivity contribution in [1.82, 2.24) is 5.32 Å². The second kappa shape index (κ2) is 11.4. The van der Waals surface area contributed by atoms with Gasteiger partial charge in [0.15, 0.2) is 29.6 Å². The van der Waals surface area contributed by atoms with E-state index in [1.807, 2.05) is 0 Å². The number of hydrogen-bond acceptors (Lipinski definition) is 7. The topological polar surface area (TPSA) is 92.3 Å². The van der Waals surface area contributed by atoms with Crippen LogP contribution in [0, 0.1) is 0 Å². The van der Waals surface area contributed by atoms with Crippen molar-refractivity contribution in [3.8, 4) is 23.0 Å². The molecule has 1 N–H and O–H groups in total. The molecule has 0 saturated heterocycles. The Hall–Kier alpha value is -3.68. The summed E-state index contributed by atoms with van der Waals surface area (Å²) in [5.41, 5.74) is 1.54. The molecule has 0 aromatic heterocycles. The fourth-order valence-corrected chi connectivity index (χ4v) is 2.55. The van der Waals surface area contributed by atoms with Gasteiger partial charge in [-0.25, -0.2) is 4.79 Å². The minimum atomic E-state index is -0.633. The van der Waals surface area contributed by atoms with Gasteiger partial charge < -0.3 is 29.0 Å². The Labute approximate surface area is 175 Å². The van der Waals surface area contributed by atoms with Gasteiger partial charge in [-0.1, -0.05) is 12.1 Å². The molecule has 0 aliphatic heterocycles. The first-order valence-corrected chi connectivity index (χ1v) is 9.05. The normalized spacial score (nSPS) is 10.4. The molecule has 2 rings (SSSR count). The number of carbonyl (C=O) groups is 2. The highest BCUT2D eigenvalue weighted by atomic mass is 16.5. The standard InChI is InChI=1S/C22H25NO7/c1-26-17-8-5-15(11-19(17)28-3)7-10-22(25)30-14-21(24)23-13-16-6-9-18(27-2)20(12-16)29-4/h5-12H,13-14H2,1-4H3,(H,23,24). The van der Waals surface area contributed by atoms with Crippen LogP contribution in [0.3, 0.4) is 0 Å². The Morgan fingerprint density at radius 3 is 2.07 bits per heavy atom. The van der Waals surface area contributed by atoms with Crippen molar-refractivity contribution in [2.75, 3.05) is 35.0 Å². The Morgan fingerprint density at radius 2 is 1.43 bits per heavy atom. The van der Waals surface area contributed by atoms with Crippen LogP contribution in [-0.2, 0) is 20.9 Å². The van der Waals surface area contributed by atoms with Gasteiger partial charge in [-0.3, -0.25) is 4.79 Å². The number of ether oxygens (including phenoxy) is 5. The van der Waals surface area contributed by atoms with Crippen LogP contribution in [0.25, 0.3) is 6.08 Å². The van der Waals surface area contributed by atoms with Crippen LogP contribution < -0.4 is 24.3 Å². The van der Waals surface area contributed by atoms with Gasteiger partial charge in [0.1, 0.15) is 0 Å². The van der Waals surface area contributed by atoms with Crippen LogP contribution >= 0.6 is 0 Å². The van der Waals surface area contributed by atoms with Crippen LogP contribution in [0.15, 0.2) is 42.5 Å². The molecule has 0 fully saturated rings. The van der Waals surface area contributed by atoms with E-state index in [0.717, 1.165) is 11.1 Å². The third kappa shape index (κ3) is 6.44. The van der Waals surface area contributed by atoms with Crippen LogP contribution in [0.4, 0.5) is 0 Å². The van der Waals surface area contributed by atoms with E-state index in [2.05, 4.69) is 5.32 Å². The number of methoxy groups -OCH3 is 4. The smallest absolute Gasteiger partial charge is 0.331 e. The largest absolute Gasteiger partial charge is 0.493 e. The van der Waals surface area contributed by atoms with E-state index in [1.165, 1.54) is 20.3 Å². The highest BCUT2D eigenvalue weighted by Gasteiger charge is 2.08. The van der Waals surface area contributed by atoms with Crippen molar-refractivity contribution in [3.63, 3.8) is 0 Å². The molecule has 0 heterocycles. The molecule has 30 heavy (non-hydrogen) atoms. The SMILES string of the molecule is COc1ccc(C=CC(=O)OCC(=O)NCc2ccc(OC)c(OC)c2)cc1OC. The molecule has 0 atom stereocenters. The second-order valence-corrected chi connectivity index (χ2v) is 6.02. The van der Waals surface area contributed by atoms with Crippen molar-refractivity contribution in [1.29, 1.82) is 0 Å². The van der Waals surface area contributed by atoms with E-state index in [1.54, 1.807) is 56.7 Å². The number of nitrogens with one attached hydrogen (secondary N) is 1.